The van der Waals surface area contributed by atoms with Crippen LogP contribution in [0.15, 0.2) is 107 Å². The molecule has 6 rings (SSSR count). The van der Waals surface area contributed by atoms with Gasteiger partial charge in [-0.15, -0.1) is 29.9 Å². The number of fused-ring (bicyclic) bond motifs is 2. The van der Waals surface area contributed by atoms with E-state index in [1.54, 1.807) is 37.0 Å². The molecule has 0 unspecified atom stereocenters. The van der Waals surface area contributed by atoms with Crippen LogP contribution in [0.1, 0.15) is 62.0 Å². The number of amides is 1. The zero-order valence-corrected chi connectivity index (χ0v) is 36.1. The van der Waals surface area contributed by atoms with E-state index in [9.17, 15) is 25.1 Å². The van der Waals surface area contributed by atoms with Crippen LogP contribution in [0.25, 0.3) is 0 Å². The average molecular weight is 878 g/mol. The van der Waals surface area contributed by atoms with Crippen molar-refractivity contribution < 1.29 is 43.7 Å². The van der Waals surface area contributed by atoms with Gasteiger partial charge >= 0.3 is 6.09 Å². The average Bonchev–Trinajstić information content (AvgIpc) is 3.28. The predicted molar refractivity (Wildman–Crippen MR) is 235 cm³/mol. The number of alkyl halides is 1. The molecule has 15 heteroatoms. The first-order chi connectivity index (χ1) is 29.7. The van der Waals surface area contributed by atoms with Gasteiger partial charge in [-0.25, -0.2) is 4.79 Å². The van der Waals surface area contributed by atoms with Gasteiger partial charge in [0.2, 0.25) is 5.79 Å². The van der Waals surface area contributed by atoms with Crippen molar-refractivity contribution in [3.8, 4) is 11.5 Å². The third-order valence-corrected chi connectivity index (χ3v) is 12.8. The number of hydrogen-bond donors (Lipinski definition) is 2. The second-order valence-electron chi connectivity index (χ2n) is 15.4. The van der Waals surface area contributed by atoms with Gasteiger partial charge in [0, 0.05) is 60.9 Å². The van der Waals surface area contributed by atoms with Crippen molar-refractivity contribution in [2.24, 2.45) is 22.9 Å². The largest absolute Gasteiger partial charge is 0.493 e. The number of nitro benzene ring substituents is 1. The number of carbonyl (C=O) groups excluding carboxylic acids is 1. The quantitative estimate of drug-likeness (QED) is 0.0234. The molecule has 2 N–H and O–H groups in total. The van der Waals surface area contributed by atoms with E-state index >= 15 is 0 Å². The second kappa shape index (κ2) is 22.5. The van der Waals surface area contributed by atoms with Gasteiger partial charge < -0.3 is 38.9 Å². The van der Waals surface area contributed by atoms with Gasteiger partial charge in [-0.05, 0) is 91.1 Å². The fourth-order valence-electron chi connectivity index (χ4n) is 8.91. The molecule has 1 aliphatic heterocycles. The summed E-state index contributed by atoms with van der Waals surface area (Å²) in [6.07, 6.45) is 7.94. The van der Waals surface area contributed by atoms with E-state index in [0.29, 0.717) is 42.2 Å². The highest BCUT2D eigenvalue weighted by Crippen LogP contribution is 2.61. The van der Waals surface area contributed by atoms with Gasteiger partial charge in [0.05, 0.1) is 35.6 Å². The molecule has 1 heterocycles. The lowest BCUT2D eigenvalue weighted by Crippen LogP contribution is -2.69. The maximum atomic E-state index is 13.8. The number of likely N-dealkylation sites (N-methyl/N-ethyl adjacent to an activating group) is 1. The van der Waals surface area contributed by atoms with Gasteiger partial charge in [0.15, 0.2) is 0 Å². The molecule has 0 radical (unpaired) electrons. The van der Waals surface area contributed by atoms with E-state index in [2.05, 4.69) is 30.9 Å². The zero-order chi connectivity index (χ0) is 43.2. The van der Waals surface area contributed by atoms with Crippen LogP contribution < -0.4 is 9.47 Å². The third-order valence-electron chi connectivity index (χ3n) is 11.6. The van der Waals surface area contributed by atoms with E-state index in [-0.39, 0.29) is 68.8 Å². The SMILES string of the molecule is C=CCO[C@@]12Oc3ccc(OCCSc4ccccc4)cc3[C@H]3[C@H](CCCCO)[C@@H](CCCCO)C=C(C(=NOCc4ccc([N+](=O)[O-])cc4)C[C@@H]1N(C)C(=O)OCCCl)[C@H]32. The molecule has 0 saturated heterocycles. The summed E-state index contributed by atoms with van der Waals surface area (Å²) in [5.74, 6) is 0.0714. The fourth-order valence-corrected chi connectivity index (χ4v) is 9.74. The molecule has 0 aromatic heterocycles. The summed E-state index contributed by atoms with van der Waals surface area (Å²) in [6.45, 7) is 4.77. The molecule has 6 atom stereocenters. The van der Waals surface area contributed by atoms with E-state index in [4.69, 9.17) is 40.5 Å². The molecule has 3 aliphatic rings. The summed E-state index contributed by atoms with van der Waals surface area (Å²) < 4.78 is 26.1. The van der Waals surface area contributed by atoms with Gasteiger partial charge in [-0.2, -0.15) is 0 Å². The Morgan fingerprint density at radius 2 is 1.82 bits per heavy atom. The fraction of sp³-hybridized carbons (Fsp3) is 0.478. The van der Waals surface area contributed by atoms with Crippen LogP contribution in [0.5, 0.6) is 11.5 Å². The first-order valence-electron chi connectivity index (χ1n) is 20.9. The number of benzene rings is 3. The third kappa shape index (κ3) is 11.1. The minimum absolute atomic E-state index is 0.00718. The molecule has 13 nitrogen and oxygen atoms in total. The van der Waals surface area contributed by atoms with Gasteiger partial charge in [0.1, 0.15) is 30.8 Å². The first-order valence-corrected chi connectivity index (χ1v) is 22.5. The lowest BCUT2D eigenvalue weighted by Gasteiger charge is -2.59. The van der Waals surface area contributed by atoms with Crippen LogP contribution in [0.4, 0.5) is 10.5 Å². The molecular weight excluding hydrogens is 822 g/mol. The lowest BCUT2D eigenvalue weighted by molar-refractivity contribution is -0.384. The number of oxime groups is 1. The van der Waals surface area contributed by atoms with Crippen LogP contribution in [-0.2, 0) is 20.9 Å². The van der Waals surface area contributed by atoms with Gasteiger partial charge in [-0.3, -0.25) is 10.1 Å². The van der Waals surface area contributed by atoms with Gasteiger partial charge in [-0.1, -0.05) is 48.3 Å². The lowest BCUT2D eigenvalue weighted by atomic mass is 9.55. The monoisotopic (exact) mass is 877 g/mol. The molecule has 2 aliphatic carbocycles. The van der Waals surface area contributed by atoms with Crippen molar-refractivity contribution in [1.82, 2.24) is 4.90 Å². The number of halogens is 1. The Bertz CT molecular complexity index is 1990. The van der Waals surface area contributed by atoms with Crippen molar-refractivity contribution in [2.75, 3.05) is 51.7 Å². The Morgan fingerprint density at radius 1 is 1.07 bits per heavy atom. The first kappa shape index (κ1) is 45.9. The molecule has 1 amide bonds. The van der Waals surface area contributed by atoms with Crippen LogP contribution in [0.3, 0.4) is 0 Å². The van der Waals surface area contributed by atoms with Crippen LogP contribution >= 0.6 is 23.4 Å². The van der Waals surface area contributed by atoms with Crippen molar-refractivity contribution in [3.05, 3.63) is 118 Å². The maximum Gasteiger partial charge on any atom is 0.410 e. The number of non-ortho nitro benzene ring substituents is 1. The van der Waals surface area contributed by atoms with E-state index in [1.165, 1.54) is 17.0 Å². The summed E-state index contributed by atoms with van der Waals surface area (Å²) in [5.41, 5.74) is 3.09. The molecule has 3 aromatic carbocycles. The predicted octanol–water partition coefficient (Wildman–Crippen LogP) is 8.91. The highest BCUT2D eigenvalue weighted by atomic mass is 35.5. The number of allylic oxidation sites excluding steroid dienone is 1. The Morgan fingerprint density at radius 3 is 2.52 bits per heavy atom. The normalized spacial score (nSPS) is 23.2. The standard InChI is InChI=1S/C46H56ClN3O10S/c1-3-24-58-46-42(49(2)45(53)57-25-21-47)30-40(48-59-31-32-15-17-34(18-16-32)50(54)55)38-28-33(11-7-9-22-51)37(14-8-10-23-52)43(44(38)46)39-29-35(19-20-41(39)60-46)56-26-27-61-36-12-5-4-6-13-36/h3-6,12-13,15-20,28-29,33,37,42-44,51-52H,1,7-11,14,21-27,30-31H2,2H3/t33-,37+,42-,43+,44+,46+/m0/s1. The number of ether oxygens (including phenoxy) is 4. The van der Waals surface area contributed by atoms with Crippen molar-refractivity contribution in [2.45, 2.75) is 74.2 Å². The zero-order valence-electron chi connectivity index (χ0n) is 34.6. The number of unbranched alkanes of at least 4 members (excludes halogenated alkanes) is 2. The molecular formula is C46H56ClN3O10S. The Kier molecular flexibility index (Phi) is 16.9. The van der Waals surface area contributed by atoms with Crippen LogP contribution in [-0.4, -0.2) is 95.4 Å². The molecule has 3 aromatic rings. The number of aliphatic hydroxyl groups excluding tert-OH is 2. The molecule has 328 valence electrons. The molecule has 1 fully saturated rings. The van der Waals surface area contributed by atoms with Gasteiger partial charge in [0.25, 0.3) is 5.69 Å². The Labute approximate surface area is 366 Å². The molecule has 0 bridgehead atoms. The number of rotatable bonds is 23. The van der Waals surface area contributed by atoms with Crippen molar-refractivity contribution >= 4 is 40.9 Å². The molecule has 0 spiro atoms. The summed E-state index contributed by atoms with van der Waals surface area (Å²) in [7, 11) is 1.65. The smallest absolute Gasteiger partial charge is 0.410 e. The van der Waals surface area contributed by atoms with E-state index < -0.39 is 28.8 Å². The number of thioether (sulfide) groups is 1. The van der Waals surface area contributed by atoms with Crippen molar-refractivity contribution in [1.29, 1.82) is 0 Å². The Balaban J connectivity index is 1.47. The number of nitrogens with zero attached hydrogens (tertiary/aromatic N) is 3. The number of carbonyl (C=O) groups is 1. The summed E-state index contributed by atoms with van der Waals surface area (Å²) >= 11 is 7.67. The van der Waals surface area contributed by atoms with E-state index in [0.717, 1.165) is 47.5 Å². The minimum atomic E-state index is -1.44. The number of nitro groups is 1. The Hall–Kier alpha value is -4.60. The highest BCUT2D eigenvalue weighted by molar-refractivity contribution is 7.99. The maximum absolute atomic E-state index is 13.8. The van der Waals surface area contributed by atoms with E-state index in [1.807, 2.05) is 30.3 Å². The molecule has 61 heavy (non-hydrogen) atoms. The second-order valence-corrected chi connectivity index (χ2v) is 16.9. The number of hydrogen-bond acceptors (Lipinski definition) is 12. The topological polar surface area (TPSA) is 162 Å². The summed E-state index contributed by atoms with van der Waals surface area (Å²) in [5, 5.41) is 35.8. The van der Waals surface area contributed by atoms with Crippen molar-refractivity contribution in [3.63, 3.8) is 0 Å². The number of aliphatic hydroxyl groups is 2. The van der Waals surface area contributed by atoms with Crippen LogP contribution in [0.2, 0.25) is 0 Å². The molecule has 1 saturated carbocycles. The minimum Gasteiger partial charge on any atom is -0.493 e. The summed E-state index contributed by atoms with van der Waals surface area (Å²) in [6, 6.07) is 21.4. The highest BCUT2D eigenvalue weighted by Gasteiger charge is 2.65. The summed E-state index contributed by atoms with van der Waals surface area (Å²) in [4.78, 5) is 33.3. The van der Waals surface area contributed by atoms with Crippen LogP contribution in [0, 0.1) is 27.9 Å².